The van der Waals surface area contributed by atoms with Crippen LogP contribution < -0.4 is 0 Å². The van der Waals surface area contributed by atoms with E-state index in [1.54, 1.807) is 13.3 Å². The van der Waals surface area contributed by atoms with Gasteiger partial charge in [0, 0.05) is 7.05 Å². The summed E-state index contributed by atoms with van der Waals surface area (Å²) in [7, 11) is 1.67. The number of aromatic nitrogens is 4. The van der Waals surface area contributed by atoms with Crippen LogP contribution in [-0.4, -0.2) is 26.5 Å². The number of tetrazole rings is 1. The SMILES string of the molecule is Cn1nnnc1C[C]=O. The van der Waals surface area contributed by atoms with Crippen LogP contribution >= 0.6 is 0 Å². The maximum absolute atomic E-state index is 9.79. The highest BCUT2D eigenvalue weighted by Crippen LogP contribution is 1.84. The van der Waals surface area contributed by atoms with Crippen LogP contribution in [0.5, 0.6) is 0 Å². The second-order valence-electron chi connectivity index (χ2n) is 1.54. The van der Waals surface area contributed by atoms with E-state index in [-0.39, 0.29) is 6.42 Å². The zero-order valence-corrected chi connectivity index (χ0v) is 4.90. The van der Waals surface area contributed by atoms with Crippen molar-refractivity contribution in [3.05, 3.63) is 5.82 Å². The van der Waals surface area contributed by atoms with E-state index in [0.29, 0.717) is 5.82 Å². The summed E-state index contributed by atoms with van der Waals surface area (Å²) in [6, 6.07) is 0. The molecule has 0 aliphatic heterocycles. The van der Waals surface area contributed by atoms with Gasteiger partial charge in [0.15, 0.2) is 5.82 Å². The molecule has 9 heavy (non-hydrogen) atoms. The molecule has 0 unspecified atom stereocenters. The molecule has 0 aliphatic rings. The van der Waals surface area contributed by atoms with Crippen molar-refractivity contribution < 1.29 is 4.79 Å². The fraction of sp³-hybridized carbons (Fsp3) is 0.500. The van der Waals surface area contributed by atoms with Crippen LogP contribution in [-0.2, 0) is 18.3 Å². The van der Waals surface area contributed by atoms with Crippen molar-refractivity contribution in [2.75, 3.05) is 0 Å². The first kappa shape index (κ1) is 5.87. The van der Waals surface area contributed by atoms with Crippen molar-refractivity contribution in [1.29, 1.82) is 0 Å². The Labute approximate surface area is 51.7 Å². The summed E-state index contributed by atoms with van der Waals surface area (Å²) in [6.07, 6.45) is 1.85. The lowest BCUT2D eigenvalue weighted by Gasteiger charge is -1.86. The minimum Gasteiger partial charge on any atom is -0.290 e. The van der Waals surface area contributed by atoms with Gasteiger partial charge in [-0.3, -0.25) is 4.79 Å². The van der Waals surface area contributed by atoms with E-state index in [1.165, 1.54) is 4.68 Å². The molecule has 0 saturated heterocycles. The van der Waals surface area contributed by atoms with E-state index >= 15 is 0 Å². The first-order valence-electron chi connectivity index (χ1n) is 2.41. The quantitative estimate of drug-likeness (QED) is 0.501. The van der Waals surface area contributed by atoms with Gasteiger partial charge >= 0.3 is 0 Å². The average molecular weight is 125 g/mol. The highest BCUT2D eigenvalue weighted by Gasteiger charge is 1.98. The Balaban J connectivity index is 2.80. The fourth-order valence-corrected chi connectivity index (χ4v) is 0.462. The number of hydrogen-bond donors (Lipinski definition) is 0. The van der Waals surface area contributed by atoms with E-state index in [0.717, 1.165) is 0 Å². The van der Waals surface area contributed by atoms with E-state index in [2.05, 4.69) is 15.5 Å². The summed E-state index contributed by atoms with van der Waals surface area (Å²) < 4.78 is 1.44. The molecule has 1 rings (SSSR count). The molecule has 0 N–H and O–H groups in total. The molecule has 5 nitrogen and oxygen atoms in total. The predicted octanol–water partition coefficient (Wildman–Crippen LogP) is -1.14. The maximum Gasteiger partial charge on any atom is 0.206 e. The van der Waals surface area contributed by atoms with Crippen molar-refractivity contribution in [2.45, 2.75) is 6.42 Å². The van der Waals surface area contributed by atoms with Crippen LogP contribution in [0.15, 0.2) is 0 Å². The number of aryl methyl sites for hydroxylation is 1. The third kappa shape index (κ3) is 1.10. The van der Waals surface area contributed by atoms with E-state index < -0.39 is 0 Å². The van der Waals surface area contributed by atoms with Crippen LogP contribution in [0.4, 0.5) is 0 Å². The molecule has 0 amide bonds. The first-order chi connectivity index (χ1) is 4.34. The lowest BCUT2D eigenvalue weighted by Crippen LogP contribution is -1.99. The second kappa shape index (κ2) is 2.34. The van der Waals surface area contributed by atoms with Crippen molar-refractivity contribution in [3.8, 4) is 0 Å². The molecule has 5 heteroatoms. The summed E-state index contributed by atoms with van der Waals surface area (Å²) in [5.41, 5.74) is 0. The third-order valence-corrected chi connectivity index (χ3v) is 0.938. The normalized spacial score (nSPS) is 9.44. The summed E-state index contributed by atoms with van der Waals surface area (Å²) in [5, 5.41) is 10.4. The largest absolute Gasteiger partial charge is 0.290 e. The van der Waals surface area contributed by atoms with Gasteiger partial charge in [-0.25, -0.2) is 4.68 Å². The van der Waals surface area contributed by atoms with Gasteiger partial charge in [0.1, 0.15) is 0 Å². The van der Waals surface area contributed by atoms with Gasteiger partial charge in [-0.1, -0.05) is 0 Å². The number of rotatable bonds is 2. The number of nitrogens with zero attached hydrogens (tertiary/aromatic N) is 4. The number of carbonyl (C=O) groups excluding carboxylic acids is 1. The Morgan fingerprint density at radius 1 is 1.78 bits per heavy atom. The average Bonchev–Trinajstić information content (AvgIpc) is 2.18. The van der Waals surface area contributed by atoms with Gasteiger partial charge in [-0.2, -0.15) is 0 Å². The van der Waals surface area contributed by atoms with Crippen LogP contribution in [0.3, 0.4) is 0 Å². The minimum absolute atomic E-state index is 0.156. The molecule has 0 aliphatic carbocycles. The summed E-state index contributed by atoms with van der Waals surface area (Å²) in [4.78, 5) is 9.79. The van der Waals surface area contributed by atoms with E-state index in [1.807, 2.05) is 0 Å². The molecule has 1 aromatic heterocycles. The molecule has 1 heterocycles. The molecule has 0 fully saturated rings. The molecule has 0 saturated carbocycles. The second-order valence-corrected chi connectivity index (χ2v) is 1.54. The van der Waals surface area contributed by atoms with E-state index in [4.69, 9.17) is 0 Å². The Morgan fingerprint density at radius 3 is 3.00 bits per heavy atom. The van der Waals surface area contributed by atoms with Crippen molar-refractivity contribution in [2.24, 2.45) is 7.05 Å². The monoisotopic (exact) mass is 125 g/mol. The topological polar surface area (TPSA) is 60.7 Å². The Morgan fingerprint density at radius 2 is 2.56 bits per heavy atom. The predicted molar refractivity (Wildman–Crippen MR) is 28.2 cm³/mol. The summed E-state index contributed by atoms with van der Waals surface area (Å²) in [5.74, 6) is 0.532. The standard InChI is InChI=1S/C4H5N4O/c1-8-4(2-3-9)5-6-7-8/h2H2,1H3. The van der Waals surface area contributed by atoms with Crippen molar-refractivity contribution >= 4 is 6.29 Å². The van der Waals surface area contributed by atoms with Gasteiger partial charge in [-0.05, 0) is 10.4 Å². The molecule has 1 radical (unpaired) electrons. The lowest BCUT2D eigenvalue weighted by molar-refractivity contribution is 0.551. The van der Waals surface area contributed by atoms with Gasteiger partial charge in [-0.15, -0.1) is 5.10 Å². The van der Waals surface area contributed by atoms with Crippen LogP contribution in [0, 0.1) is 0 Å². The zero-order valence-electron chi connectivity index (χ0n) is 4.90. The Hall–Kier alpha value is -1.26. The third-order valence-electron chi connectivity index (χ3n) is 0.938. The zero-order chi connectivity index (χ0) is 6.69. The number of hydrogen-bond acceptors (Lipinski definition) is 4. The first-order valence-corrected chi connectivity index (χ1v) is 2.41. The molecule has 0 spiro atoms. The highest BCUT2D eigenvalue weighted by atomic mass is 16.1. The van der Waals surface area contributed by atoms with Crippen LogP contribution in [0.2, 0.25) is 0 Å². The minimum atomic E-state index is 0.156. The van der Waals surface area contributed by atoms with E-state index in [9.17, 15) is 4.79 Å². The lowest BCUT2D eigenvalue weighted by atomic mass is 10.4. The van der Waals surface area contributed by atoms with Crippen molar-refractivity contribution in [1.82, 2.24) is 20.2 Å². The van der Waals surface area contributed by atoms with Gasteiger partial charge < -0.3 is 0 Å². The summed E-state index contributed by atoms with van der Waals surface area (Å²) >= 11 is 0. The molecule has 1 aromatic rings. The van der Waals surface area contributed by atoms with Gasteiger partial charge in [0.25, 0.3) is 0 Å². The Kier molecular flexibility index (Phi) is 1.53. The fourth-order valence-electron chi connectivity index (χ4n) is 0.462. The Bertz CT molecular complexity index is 206. The molecular formula is C4H5N4O. The molecule has 0 aromatic carbocycles. The smallest absolute Gasteiger partial charge is 0.206 e. The highest BCUT2D eigenvalue weighted by molar-refractivity contribution is 5.53. The maximum atomic E-state index is 9.79. The summed E-state index contributed by atoms with van der Waals surface area (Å²) in [6.45, 7) is 0. The molecule has 47 valence electrons. The van der Waals surface area contributed by atoms with Gasteiger partial charge in [0.05, 0.1) is 6.42 Å². The van der Waals surface area contributed by atoms with Crippen LogP contribution in [0.25, 0.3) is 0 Å². The molecule has 0 bridgehead atoms. The van der Waals surface area contributed by atoms with Crippen LogP contribution in [0.1, 0.15) is 5.82 Å². The molecular weight excluding hydrogens is 120 g/mol. The van der Waals surface area contributed by atoms with Gasteiger partial charge in [0.2, 0.25) is 6.29 Å². The van der Waals surface area contributed by atoms with Crippen molar-refractivity contribution in [3.63, 3.8) is 0 Å². The molecule has 0 atom stereocenters.